The average molecular weight is 352 g/mol. The van der Waals surface area contributed by atoms with Gasteiger partial charge in [0.05, 0.1) is 24.9 Å². The largest absolute Gasteiger partial charge is 0.493 e. The van der Waals surface area contributed by atoms with Crippen LogP contribution in [0, 0.1) is 6.92 Å². The standard InChI is InChI=1S/C17H22ClN3O3/c1-12-14(18)11-21(20-12)9-7-17(22)19-8-6-13-4-5-15(23-2)16(10-13)24-3/h4-5,10-11H,6-9H2,1-3H3,(H,19,22). The summed E-state index contributed by atoms with van der Waals surface area (Å²) in [6.45, 7) is 2.91. The number of nitrogens with one attached hydrogen (secondary N) is 1. The number of ether oxygens (including phenoxy) is 2. The molecule has 0 aliphatic carbocycles. The molecule has 1 aromatic heterocycles. The number of benzene rings is 1. The lowest BCUT2D eigenvalue weighted by Gasteiger charge is -2.10. The first kappa shape index (κ1) is 18.1. The Morgan fingerprint density at radius 2 is 2.04 bits per heavy atom. The molecule has 0 aliphatic heterocycles. The maximum atomic E-state index is 11.9. The summed E-state index contributed by atoms with van der Waals surface area (Å²) in [6.07, 6.45) is 2.82. The van der Waals surface area contributed by atoms with E-state index in [4.69, 9.17) is 21.1 Å². The second kappa shape index (κ2) is 8.59. The summed E-state index contributed by atoms with van der Waals surface area (Å²) in [5.74, 6) is 1.37. The fraction of sp³-hybridized carbons (Fsp3) is 0.412. The molecule has 0 radical (unpaired) electrons. The molecule has 0 saturated heterocycles. The SMILES string of the molecule is COc1ccc(CCNC(=O)CCn2cc(Cl)c(C)n2)cc1OC. The first-order valence-corrected chi connectivity index (χ1v) is 8.08. The van der Waals surface area contributed by atoms with Crippen molar-refractivity contribution < 1.29 is 14.3 Å². The van der Waals surface area contributed by atoms with Crippen molar-refractivity contribution in [3.05, 3.63) is 40.7 Å². The van der Waals surface area contributed by atoms with Gasteiger partial charge in [-0.1, -0.05) is 17.7 Å². The van der Waals surface area contributed by atoms with E-state index >= 15 is 0 Å². The second-order valence-electron chi connectivity index (χ2n) is 5.36. The van der Waals surface area contributed by atoms with E-state index < -0.39 is 0 Å². The van der Waals surface area contributed by atoms with Gasteiger partial charge in [0.15, 0.2) is 11.5 Å². The number of aromatic nitrogens is 2. The van der Waals surface area contributed by atoms with Crippen molar-refractivity contribution in [2.75, 3.05) is 20.8 Å². The van der Waals surface area contributed by atoms with Crippen LogP contribution in [0.3, 0.4) is 0 Å². The van der Waals surface area contributed by atoms with Crippen LogP contribution in [0.4, 0.5) is 0 Å². The molecule has 0 aliphatic rings. The molecule has 2 rings (SSSR count). The third-order valence-corrected chi connectivity index (χ3v) is 4.01. The van der Waals surface area contributed by atoms with Gasteiger partial charge in [-0.05, 0) is 31.0 Å². The number of methoxy groups -OCH3 is 2. The van der Waals surface area contributed by atoms with Crippen LogP contribution in [0.25, 0.3) is 0 Å². The summed E-state index contributed by atoms with van der Waals surface area (Å²) in [6, 6.07) is 5.74. The highest BCUT2D eigenvalue weighted by atomic mass is 35.5. The minimum atomic E-state index is -0.0141. The highest BCUT2D eigenvalue weighted by Gasteiger charge is 2.07. The Labute approximate surface area is 146 Å². The lowest BCUT2D eigenvalue weighted by molar-refractivity contribution is -0.121. The van der Waals surface area contributed by atoms with Crippen molar-refractivity contribution in [2.45, 2.75) is 26.3 Å². The molecule has 2 aromatic rings. The highest BCUT2D eigenvalue weighted by molar-refractivity contribution is 6.31. The third-order valence-electron chi connectivity index (χ3n) is 3.64. The molecule has 0 fully saturated rings. The van der Waals surface area contributed by atoms with Crippen molar-refractivity contribution in [3.8, 4) is 11.5 Å². The molecule has 24 heavy (non-hydrogen) atoms. The van der Waals surface area contributed by atoms with Crippen molar-refractivity contribution in [3.63, 3.8) is 0 Å². The van der Waals surface area contributed by atoms with Gasteiger partial charge in [-0.2, -0.15) is 5.10 Å². The zero-order chi connectivity index (χ0) is 17.5. The van der Waals surface area contributed by atoms with Crippen LogP contribution >= 0.6 is 11.6 Å². The van der Waals surface area contributed by atoms with Gasteiger partial charge in [0.1, 0.15) is 0 Å². The summed E-state index contributed by atoms with van der Waals surface area (Å²) in [4.78, 5) is 11.9. The molecule has 7 heteroatoms. The molecular weight excluding hydrogens is 330 g/mol. The van der Waals surface area contributed by atoms with E-state index in [2.05, 4.69) is 10.4 Å². The van der Waals surface area contributed by atoms with Crippen LogP contribution in [0.2, 0.25) is 5.02 Å². The first-order valence-electron chi connectivity index (χ1n) is 7.70. The molecule has 0 saturated carbocycles. The number of carbonyl (C=O) groups is 1. The predicted octanol–water partition coefficient (Wildman–Crippen LogP) is 2.61. The zero-order valence-corrected chi connectivity index (χ0v) is 14.9. The van der Waals surface area contributed by atoms with Gasteiger partial charge in [0.25, 0.3) is 0 Å². The fourth-order valence-electron chi connectivity index (χ4n) is 2.29. The van der Waals surface area contributed by atoms with Crippen molar-refractivity contribution >= 4 is 17.5 Å². The van der Waals surface area contributed by atoms with Crippen LogP contribution in [0.15, 0.2) is 24.4 Å². The number of carbonyl (C=O) groups excluding carboxylic acids is 1. The molecule has 1 amide bonds. The fourth-order valence-corrected chi connectivity index (χ4v) is 2.45. The van der Waals surface area contributed by atoms with Gasteiger partial charge in [-0.3, -0.25) is 9.48 Å². The van der Waals surface area contributed by atoms with Gasteiger partial charge in [0.2, 0.25) is 5.91 Å². The van der Waals surface area contributed by atoms with E-state index in [-0.39, 0.29) is 5.91 Å². The summed E-state index contributed by atoms with van der Waals surface area (Å²) in [5, 5.41) is 7.74. The van der Waals surface area contributed by atoms with E-state index in [9.17, 15) is 4.79 Å². The number of halogens is 1. The summed E-state index contributed by atoms with van der Waals surface area (Å²) in [7, 11) is 3.21. The minimum absolute atomic E-state index is 0.0141. The van der Waals surface area contributed by atoms with Gasteiger partial charge >= 0.3 is 0 Å². The van der Waals surface area contributed by atoms with Crippen LogP contribution < -0.4 is 14.8 Å². The Morgan fingerprint density at radius 1 is 1.29 bits per heavy atom. The lowest BCUT2D eigenvalue weighted by atomic mass is 10.1. The Morgan fingerprint density at radius 3 is 2.67 bits per heavy atom. The van der Waals surface area contributed by atoms with Crippen molar-refractivity contribution in [1.29, 1.82) is 0 Å². The average Bonchev–Trinajstić information content (AvgIpc) is 2.91. The Hall–Kier alpha value is -2.21. The topological polar surface area (TPSA) is 65.4 Å². The molecular formula is C17H22ClN3O3. The van der Waals surface area contributed by atoms with E-state index in [0.29, 0.717) is 36.0 Å². The molecule has 6 nitrogen and oxygen atoms in total. The molecule has 0 bridgehead atoms. The maximum Gasteiger partial charge on any atom is 0.221 e. The molecule has 0 unspecified atom stereocenters. The van der Waals surface area contributed by atoms with Gasteiger partial charge < -0.3 is 14.8 Å². The number of hydrogen-bond acceptors (Lipinski definition) is 4. The minimum Gasteiger partial charge on any atom is -0.493 e. The van der Waals surface area contributed by atoms with Gasteiger partial charge in [-0.15, -0.1) is 0 Å². The molecule has 0 spiro atoms. The van der Waals surface area contributed by atoms with E-state index in [1.807, 2.05) is 25.1 Å². The molecule has 1 N–H and O–H groups in total. The summed E-state index contributed by atoms with van der Waals surface area (Å²) >= 11 is 5.94. The van der Waals surface area contributed by atoms with Gasteiger partial charge in [-0.25, -0.2) is 0 Å². The van der Waals surface area contributed by atoms with Gasteiger partial charge in [0, 0.05) is 25.7 Å². The molecule has 1 heterocycles. The van der Waals surface area contributed by atoms with E-state index in [0.717, 1.165) is 17.7 Å². The predicted molar refractivity (Wildman–Crippen MR) is 92.9 cm³/mol. The van der Waals surface area contributed by atoms with Crippen LogP contribution in [-0.4, -0.2) is 36.5 Å². The van der Waals surface area contributed by atoms with Crippen molar-refractivity contribution in [1.82, 2.24) is 15.1 Å². The lowest BCUT2D eigenvalue weighted by Crippen LogP contribution is -2.26. The number of hydrogen-bond donors (Lipinski definition) is 1. The monoisotopic (exact) mass is 351 g/mol. The summed E-state index contributed by atoms with van der Waals surface area (Å²) < 4.78 is 12.2. The Kier molecular flexibility index (Phi) is 6.49. The van der Waals surface area contributed by atoms with Crippen LogP contribution in [0.1, 0.15) is 17.7 Å². The molecule has 1 aromatic carbocycles. The van der Waals surface area contributed by atoms with Crippen molar-refractivity contribution in [2.24, 2.45) is 0 Å². The molecule has 130 valence electrons. The zero-order valence-electron chi connectivity index (χ0n) is 14.1. The quantitative estimate of drug-likeness (QED) is 0.794. The number of nitrogens with zero attached hydrogens (tertiary/aromatic N) is 2. The van der Waals surface area contributed by atoms with Crippen LogP contribution in [0.5, 0.6) is 11.5 Å². The smallest absolute Gasteiger partial charge is 0.221 e. The Bertz CT molecular complexity index is 681. The van der Waals surface area contributed by atoms with Crippen LogP contribution in [-0.2, 0) is 17.8 Å². The second-order valence-corrected chi connectivity index (χ2v) is 5.77. The normalized spacial score (nSPS) is 10.5. The third kappa shape index (κ3) is 4.89. The van der Waals surface area contributed by atoms with E-state index in [1.54, 1.807) is 25.1 Å². The first-order chi connectivity index (χ1) is 11.5. The number of rotatable bonds is 8. The summed E-state index contributed by atoms with van der Waals surface area (Å²) in [5.41, 5.74) is 1.84. The maximum absolute atomic E-state index is 11.9. The number of aryl methyl sites for hydroxylation is 2. The van der Waals surface area contributed by atoms with E-state index in [1.165, 1.54) is 0 Å². The highest BCUT2D eigenvalue weighted by Crippen LogP contribution is 2.27. The Balaban J connectivity index is 1.76. The molecule has 0 atom stereocenters. The number of amides is 1.